The number of hydrogen-bond donors (Lipinski definition) is 1. The van der Waals surface area contributed by atoms with Crippen molar-refractivity contribution in [3.05, 3.63) is 35.1 Å². The van der Waals surface area contributed by atoms with Crippen molar-refractivity contribution in [1.82, 2.24) is 4.90 Å². The molecular weight excluding hydrogens is 269 g/mol. The zero-order valence-electron chi connectivity index (χ0n) is 12.0. The normalized spacial score (nSPS) is 34.9. The highest BCUT2D eigenvalue weighted by molar-refractivity contribution is 5.74. The summed E-state index contributed by atoms with van der Waals surface area (Å²) in [6, 6.07) is 4.94. The van der Waals surface area contributed by atoms with E-state index in [1.807, 2.05) is 6.07 Å². The van der Waals surface area contributed by atoms with Gasteiger partial charge in [0.1, 0.15) is 11.9 Å². The van der Waals surface area contributed by atoms with Gasteiger partial charge in [-0.3, -0.25) is 9.69 Å². The van der Waals surface area contributed by atoms with Crippen LogP contribution in [0.25, 0.3) is 0 Å². The van der Waals surface area contributed by atoms with Crippen molar-refractivity contribution >= 4 is 5.97 Å². The van der Waals surface area contributed by atoms with Gasteiger partial charge < -0.3 is 5.11 Å². The summed E-state index contributed by atoms with van der Waals surface area (Å²) in [5, 5.41) is 9.68. The molecule has 3 aliphatic rings. The third-order valence-corrected chi connectivity index (χ3v) is 5.76. The number of carbonyl (C=O) groups is 1. The molecule has 4 heteroatoms. The zero-order chi connectivity index (χ0) is 14.6. The van der Waals surface area contributed by atoms with Gasteiger partial charge in [0.2, 0.25) is 0 Å². The fraction of sp³-hybridized carbons (Fsp3) is 0.588. The molecule has 2 aliphatic carbocycles. The molecule has 0 aromatic heterocycles. The number of rotatable bonds is 2. The smallest absolute Gasteiger partial charge is 0.321 e. The lowest BCUT2D eigenvalue weighted by atomic mass is 9.94. The minimum atomic E-state index is -0.700. The second-order valence-electron chi connectivity index (χ2n) is 6.70. The van der Waals surface area contributed by atoms with Gasteiger partial charge in [-0.1, -0.05) is 18.6 Å². The van der Waals surface area contributed by atoms with E-state index in [4.69, 9.17) is 0 Å². The summed E-state index contributed by atoms with van der Waals surface area (Å²) in [6.45, 7) is 0.863. The molecule has 21 heavy (non-hydrogen) atoms. The molecule has 1 N–H and O–H groups in total. The number of fused-ring (bicyclic) bond motifs is 2. The molecule has 3 nitrogen and oxygen atoms in total. The van der Waals surface area contributed by atoms with E-state index >= 15 is 0 Å². The van der Waals surface area contributed by atoms with Gasteiger partial charge in [-0.05, 0) is 54.7 Å². The standard InChI is InChI=1S/C17H20FNO2/c18-14-6-2-5-13-12(14)7-8-15(13)19-9-10-3-1-4-11(10)16(19)17(20)21/h2,5-6,10-11,15-16H,1,3-4,7-9H2,(H,20,21). The van der Waals surface area contributed by atoms with Crippen LogP contribution in [0.5, 0.6) is 0 Å². The van der Waals surface area contributed by atoms with Crippen molar-refractivity contribution in [3.8, 4) is 0 Å². The first-order valence-corrected chi connectivity index (χ1v) is 7.92. The number of nitrogens with zero attached hydrogens (tertiary/aromatic N) is 1. The lowest BCUT2D eigenvalue weighted by molar-refractivity contribution is -0.144. The van der Waals surface area contributed by atoms with Crippen LogP contribution in [0.3, 0.4) is 0 Å². The van der Waals surface area contributed by atoms with Gasteiger partial charge in [-0.15, -0.1) is 0 Å². The van der Waals surface area contributed by atoms with E-state index in [0.29, 0.717) is 11.8 Å². The van der Waals surface area contributed by atoms with Crippen molar-refractivity contribution < 1.29 is 14.3 Å². The van der Waals surface area contributed by atoms with Crippen molar-refractivity contribution in [2.45, 2.75) is 44.2 Å². The Morgan fingerprint density at radius 2 is 2.14 bits per heavy atom. The third kappa shape index (κ3) is 1.92. The van der Waals surface area contributed by atoms with E-state index in [2.05, 4.69) is 4.90 Å². The molecule has 1 saturated heterocycles. The SMILES string of the molecule is O=C(O)C1C2CCCC2CN1C1CCc2c(F)cccc21. The molecule has 4 unspecified atom stereocenters. The van der Waals surface area contributed by atoms with Crippen LogP contribution in [0.15, 0.2) is 18.2 Å². The van der Waals surface area contributed by atoms with Crippen molar-refractivity contribution in [3.63, 3.8) is 0 Å². The van der Waals surface area contributed by atoms with Gasteiger partial charge in [0.05, 0.1) is 0 Å². The summed E-state index contributed by atoms with van der Waals surface area (Å²) >= 11 is 0. The summed E-state index contributed by atoms with van der Waals surface area (Å²) < 4.78 is 13.9. The second kappa shape index (κ2) is 4.80. The monoisotopic (exact) mass is 289 g/mol. The Labute approximate surface area is 123 Å². The highest BCUT2D eigenvalue weighted by Crippen LogP contribution is 2.48. The van der Waals surface area contributed by atoms with Crippen LogP contribution in [0.4, 0.5) is 4.39 Å². The molecule has 1 heterocycles. The molecule has 1 aromatic rings. The first-order valence-electron chi connectivity index (χ1n) is 7.92. The predicted molar refractivity (Wildman–Crippen MR) is 76.4 cm³/mol. The maximum absolute atomic E-state index is 13.9. The van der Waals surface area contributed by atoms with E-state index in [1.54, 1.807) is 6.07 Å². The zero-order valence-corrected chi connectivity index (χ0v) is 12.0. The van der Waals surface area contributed by atoms with Crippen LogP contribution in [0.1, 0.15) is 42.9 Å². The Hall–Kier alpha value is -1.42. The fourth-order valence-electron chi connectivity index (χ4n) is 4.92. The van der Waals surface area contributed by atoms with Gasteiger partial charge >= 0.3 is 5.97 Å². The highest BCUT2D eigenvalue weighted by atomic mass is 19.1. The summed E-state index contributed by atoms with van der Waals surface area (Å²) in [5.41, 5.74) is 1.81. The molecule has 0 bridgehead atoms. The Morgan fingerprint density at radius 3 is 2.95 bits per heavy atom. The molecular formula is C17H20FNO2. The lowest BCUT2D eigenvalue weighted by Crippen LogP contribution is -2.41. The maximum Gasteiger partial charge on any atom is 0.321 e. The topological polar surface area (TPSA) is 40.5 Å². The largest absolute Gasteiger partial charge is 0.480 e. The van der Waals surface area contributed by atoms with E-state index in [-0.39, 0.29) is 17.9 Å². The minimum Gasteiger partial charge on any atom is -0.480 e. The minimum absolute atomic E-state index is 0.0856. The quantitative estimate of drug-likeness (QED) is 0.910. The summed E-state index contributed by atoms with van der Waals surface area (Å²) in [6.07, 6.45) is 4.90. The van der Waals surface area contributed by atoms with Crippen LogP contribution in [0.2, 0.25) is 0 Å². The molecule has 0 amide bonds. The molecule has 1 aliphatic heterocycles. The molecule has 1 aromatic carbocycles. The molecule has 1 saturated carbocycles. The predicted octanol–water partition coefficient (Wildman–Crippen LogP) is 3.00. The first-order chi connectivity index (χ1) is 10.2. The number of likely N-dealkylation sites (tertiary alicyclic amines) is 1. The number of hydrogen-bond acceptors (Lipinski definition) is 2. The number of halogens is 1. The Bertz CT molecular complexity index is 588. The number of benzene rings is 1. The first kappa shape index (κ1) is 13.3. The molecule has 4 atom stereocenters. The van der Waals surface area contributed by atoms with E-state index in [1.165, 1.54) is 6.07 Å². The second-order valence-corrected chi connectivity index (χ2v) is 6.70. The van der Waals surface area contributed by atoms with Gasteiger partial charge in [-0.25, -0.2) is 4.39 Å². The third-order valence-electron chi connectivity index (χ3n) is 5.76. The molecule has 0 spiro atoms. The summed E-state index contributed by atoms with van der Waals surface area (Å²) in [5.74, 6) is -0.0284. The molecule has 112 valence electrons. The maximum atomic E-state index is 13.9. The molecule has 4 rings (SSSR count). The number of aliphatic carboxylic acids is 1. The lowest BCUT2D eigenvalue weighted by Gasteiger charge is -2.30. The van der Waals surface area contributed by atoms with Gasteiger partial charge in [0.15, 0.2) is 0 Å². The molecule has 0 radical (unpaired) electrons. The van der Waals surface area contributed by atoms with Crippen LogP contribution in [-0.2, 0) is 11.2 Å². The van der Waals surface area contributed by atoms with Crippen molar-refractivity contribution in [2.24, 2.45) is 11.8 Å². The molecule has 2 fully saturated rings. The fourth-order valence-corrected chi connectivity index (χ4v) is 4.92. The average Bonchev–Trinajstić information content (AvgIpc) is 3.10. The van der Waals surface area contributed by atoms with Crippen molar-refractivity contribution in [1.29, 1.82) is 0 Å². The van der Waals surface area contributed by atoms with Crippen LogP contribution in [0, 0.1) is 17.7 Å². The van der Waals surface area contributed by atoms with Crippen LogP contribution < -0.4 is 0 Å². The average molecular weight is 289 g/mol. The number of carboxylic acids is 1. The van der Waals surface area contributed by atoms with Gasteiger partial charge in [0.25, 0.3) is 0 Å². The Balaban J connectivity index is 1.69. The Morgan fingerprint density at radius 1 is 1.29 bits per heavy atom. The Kier molecular flexibility index (Phi) is 3.03. The summed E-state index contributed by atoms with van der Waals surface area (Å²) in [7, 11) is 0. The summed E-state index contributed by atoms with van der Waals surface area (Å²) in [4.78, 5) is 13.9. The van der Waals surface area contributed by atoms with Gasteiger partial charge in [0, 0.05) is 12.6 Å². The highest BCUT2D eigenvalue weighted by Gasteiger charge is 2.50. The van der Waals surface area contributed by atoms with Crippen LogP contribution >= 0.6 is 0 Å². The van der Waals surface area contributed by atoms with Crippen molar-refractivity contribution in [2.75, 3.05) is 6.54 Å². The van der Waals surface area contributed by atoms with Gasteiger partial charge in [-0.2, -0.15) is 0 Å². The van der Waals surface area contributed by atoms with E-state index in [9.17, 15) is 14.3 Å². The van der Waals surface area contributed by atoms with E-state index < -0.39 is 5.97 Å². The number of carboxylic acid groups (broad SMARTS) is 1. The van der Waals surface area contributed by atoms with Crippen LogP contribution in [-0.4, -0.2) is 28.6 Å². The van der Waals surface area contributed by atoms with E-state index in [0.717, 1.165) is 49.8 Å².